The largest absolute Gasteiger partial charge is 0.396 e. The Labute approximate surface area is 110 Å². The fourth-order valence-electron chi connectivity index (χ4n) is 1.04. The van der Waals surface area contributed by atoms with Gasteiger partial charge in [0.2, 0.25) is 0 Å². The number of carbonyl (C=O) groups excluding carboxylic acids is 1. The number of carbonyl (C=O) groups is 1. The van der Waals surface area contributed by atoms with Crippen LogP contribution < -0.4 is 5.32 Å². The minimum atomic E-state index is -0.404. The maximum atomic E-state index is 11.8. The lowest BCUT2D eigenvalue weighted by Crippen LogP contribution is -2.36. The molecule has 1 aromatic rings. The topological polar surface area (TPSA) is 62.2 Å². The molecule has 1 rings (SSSR count). The van der Waals surface area contributed by atoms with E-state index in [2.05, 4.69) is 10.3 Å². The Morgan fingerprint density at radius 3 is 2.71 bits per heavy atom. The Hall–Kier alpha value is -0.840. The zero-order chi connectivity index (χ0) is 13.1. The zero-order valence-corrected chi connectivity index (χ0v) is 11.1. The Kier molecular flexibility index (Phi) is 4.74. The van der Waals surface area contributed by atoms with Crippen LogP contribution in [0.1, 0.15) is 24.3 Å². The van der Waals surface area contributed by atoms with Gasteiger partial charge in [0.25, 0.3) is 5.91 Å². The van der Waals surface area contributed by atoms with Crippen molar-refractivity contribution in [3.63, 3.8) is 0 Å². The molecule has 0 spiro atoms. The summed E-state index contributed by atoms with van der Waals surface area (Å²) >= 11 is 11.5. The Morgan fingerprint density at radius 2 is 2.12 bits per heavy atom. The van der Waals surface area contributed by atoms with Crippen LogP contribution in [0.3, 0.4) is 0 Å². The van der Waals surface area contributed by atoms with E-state index in [0.29, 0.717) is 6.54 Å². The lowest BCUT2D eigenvalue weighted by molar-refractivity contribution is 0.0906. The number of hydrogen-bond acceptors (Lipinski definition) is 3. The summed E-state index contributed by atoms with van der Waals surface area (Å²) in [5.74, 6) is -0.404. The highest BCUT2D eigenvalue weighted by Crippen LogP contribution is 2.17. The van der Waals surface area contributed by atoms with Crippen LogP contribution in [0.5, 0.6) is 0 Å². The Balaban J connectivity index is 2.74. The molecule has 0 aromatic carbocycles. The SMILES string of the molecule is CC(C)(CO)CNC(=O)c1nc(Cl)ccc1Cl. The first-order valence-electron chi connectivity index (χ1n) is 5.07. The van der Waals surface area contributed by atoms with Gasteiger partial charge in [-0.05, 0) is 12.1 Å². The van der Waals surface area contributed by atoms with Gasteiger partial charge >= 0.3 is 0 Å². The van der Waals surface area contributed by atoms with E-state index >= 15 is 0 Å². The van der Waals surface area contributed by atoms with Crippen LogP contribution in [0, 0.1) is 5.41 Å². The van der Waals surface area contributed by atoms with Crippen molar-refractivity contribution in [3.8, 4) is 0 Å². The molecule has 0 unspecified atom stereocenters. The number of halogens is 2. The molecule has 0 radical (unpaired) electrons. The fraction of sp³-hybridized carbons (Fsp3) is 0.455. The first kappa shape index (κ1) is 14.2. The molecule has 0 fully saturated rings. The number of pyridine rings is 1. The summed E-state index contributed by atoms with van der Waals surface area (Å²) in [5, 5.41) is 12.2. The molecule has 0 saturated heterocycles. The van der Waals surface area contributed by atoms with E-state index in [0.717, 1.165) is 0 Å². The number of nitrogens with zero attached hydrogens (tertiary/aromatic N) is 1. The van der Waals surface area contributed by atoms with Crippen molar-refractivity contribution in [1.82, 2.24) is 10.3 Å². The van der Waals surface area contributed by atoms with Gasteiger partial charge in [0.05, 0.1) is 5.02 Å². The average molecular weight is 277 g/mol. The van der Waals surface area contributed by atoms with Crippen LogP contribution in [0.2, 0.25) is 10.2 Å². The fourth-order valence-corrected chi connectivity index (χ4v) is 1.38. The second kappa shape index (κ2) is 5.67. The number of aliphatic hydroxyl groups excluding tert-OH is 1. The molecule has 0 aliphatic rings. The number of aliphatic hydroxyl groups is 1. The van der Waals surface area contributed by atoms with Crippen LogP contribution in [0.4, 0.5) is 0 Å². The summed E-state index contributed by atoms with van der Waals surface area (Å²) in [5.41, 5.74) is -0.298. The lowest BCUT2D eigenvalue weighted by atomic mass is 9.95. The van der Waals surface area contributed by atoms with Gasteiger partial charge in [-0.2, -0.15) is 0 Å². The molecule has 6 heteroatoms. The maximum absolute atomic E-state index is 11.8. The molecule has 17 heavy (non-hydrogen) atoms. The Bertz CT molecular complexity index is 422. The first-order chi connectivity index (χ1) is 7.85. The normalized spacial score (nSPS) is 11.4. The van der Waals surface area contributed by atoms with Crippen molar-refractivity contribution in [2.24, 2.45) is 5.41 Å². The third-order valence-corrected chi connectivity index (χ3v) is 2.70. The van der Waals surface area contributed by atoms with Gasteiger partial charge in [-0.1, -0.05) is 37.0 Å². The molecule has 0 aliphatic heterocycles. The summed E-state index contributed by atoms with van der Waals surface area (Å²) in [6.45, 7) is 3.97. The second-order valence-electron chi connectivity index (χ2n) is 4.47. The summed E-state index contributed by atoms with van der Waals surface area (Å²) in [4.78, 5) is 15.6. The van der Waals surface area contributed by atoms with Gasteiger partial charge in [-0.25, -0.2) is 4.98 Å². The van der Waals surface area contributed by atoms with E-state index in [1.165, 1.54) is 12.1 Å². The molecular formula is C11H14Cl2N2O2. The quantitative estimate of drug-likeness (QED) is 0.829. The molecule has 1 amide bonds. The van der Waals surface area contributed by atoms with Crippen molar-refractivity contribution in [2.45, 2.75) is 13.8 Å². The van der Waals surface area contributed by atoms with Crippen LogP contribution in [-0.4, -0.2) is 29.1 Å². The predicted molar refractivity (Wildman–Crippen MR) is 67.5 cm³/mol. The van der Waals surface area contributed by atoms with Crippen LogP contribution in [0.15, 0.2) is 12.1 Å². The summed E-state index contributed by atoms with van der Waals surface area (Å²) < 4.78 is 0. The molecule has 1 aromatic heterocycles. The second-order valence-corrected chi connectivity index (χ2v) is 5.26. The summed E-state index contributed by atoms with van der Waals surface area (Å²) in [7, 11) is 0. The van der Waals surface area contributed by atoms with Crippen LogP contribution in [0.25, 0.3) is 0 Å². The van der Waals surface area contributed by atoms with Crippen molar-refractivity contribution in [2.75, 3.05) is 13.2 Å². The van der Waals surface area contributed by atoms with Gasteiger partial charge in [-0.15, -0.1) is 0 Å². The Morgan fingerprint density at radius 1 is 1.47 bits per heavy atom. The third kappa shape index (κ3) is 4.15. The minimum Gasteiger partial charge on any atom is -0.396 e. The van der Waals surface area contributed by atoms with E-state index in [1.807, 2.05) is 13.8 Å². The molecule has 0 atom stereocenters. The van der Waals surface area contributed by atoms with Gasteiger partial charge in [0.15, 0.2) is 0 Å². The molecular weight excluding hydrogens is 263 g/mol. The highest BCUT2D eigenvalue weighted by Gasteiger charge is 2.19. The van der Waals surface area contributed by atoms with E-state index in [1.54, 1.807) is 0 Å². The number of nitrogens with one attached hydrogen (secondary N) is 1. The molecule has 0 aliphatic carbocycles. The number of rotatable bonds is 4. The zero-order valence-electron chi connectivity index (χ0n) is 9.63. The molecule has 4 nitrogen and oxygen atoms in total. The highest BCUT2D eigenvalue weighted by molar-refractivity contribution is 6.34. The van der Waals surface area contributed by atoms with Gasteiger partial charge in [0, 0.05) is 18.6 Å². The summed E-state index contributed by atoms with van der Waals surface area (Å²) in [6, 6.07) is 3.03. The average Bonchev–Trinajstić information content (AvgIpc) is 2.29. The van der Waals surface area contributed by atoms with E-state index < -0.39 is 5.91 Å². The van der Waals surface area contributed by atoms with Gasteiger partial charge in [-0.3, -0.25) is 4.79 Å². The van der Waals surface area contributed by atoms with Crippen LogP contribution in [-0.2, 0) is 0 Å². The number of amides is 1. The predicted octanol–water partition coefficient (Wildman–Crippen LogP) is 2.14. The van der Waals surface area contributed by atoms with Gasteiger partial charge in [0.1, 0.15) is 10.8 Å². The van der Waals surface area contributed by atoms with Crippen LogP contribution >= 0.6 is 23.2 Å². The van der Waals surface area contributed by atoms with E-state index in [9.17, 15) is 4.79 Å². The minimum absolute atomic E-state index is 0.0238. The molecule has 0 bridgehead atoms. The lowest BCUT2D eigenvalue weighted by Gasteiger charge is -2.21. The number of hydrogen-bond donors (Lipinski definition) is 2. The first-order valence-corrected chi connectivity index (χ1v) is 5.82. The highest BCUT2D eigenvalue weighted by atomic mass is 35.5. The molecule has 2 N–H and O–H groups in total. The smallest absolute Gasteiger partial charge is 0.271 e. The van der Waals surface area contributed by atoms with Crippen molar-refractivity contribution >= 4 is 29.1 Å². The van der Waals surface area contributed by atoms with E-state index in [-0.39, 0.29) is 27.9 Å². The molecule has 94 valence electrons. The van der Waals surface area contributed by atoms with E-state index in [4.69, 9.17) is 28.3 Å². The standard InChI is InChI=1S/C11H14Cl2N2O2/c1-11(2,6-16)5-14-10(17)9-7(12)3-4-8(13)15-9/h3-4,16H,5-6H2,1-2H3,(H,14,17). The molecule has 1 heterocycles. The van der Waals surface area contributed by atoms with Crippen molar-refractivity contribution in [3.05, 3.63) is 28.0 Å². The molecule has 0 saturated carbocycles. The monoisotopic (exact) mass is 276 g/mol. The van der Waals surface area contributed by atoms with Crippen molar-refractivity contribution < 1.29 is 9.90 Å². The third-order valence-electron chi connectivity index (χ3n) is 2.18. The van der Waals surface area contributed by atoms with Gasteiger partial charge < -0.3 is 10.4 Å². The maximum Gasteiger partial charge on any atom is 0.271 e. The van der Waals surface area contributed by atoms with Crippen molar-refractivity contribution in [1.29, 1.82) is 0 Å². The summed E-state index contributed by atoms with van der Waals surface area (Å²) in [6.07, 6.45) is 0. The number of aromatic nitrogens is 1.